The number of methoxy groups -OCH3 is 2. The van der Waals surface area contributed by atoms with E-state index in [9.17, 15) is 4.79 Å². The van der Waals surface area contributed by atoms with Crippen molar-refractivity contribution in [1.82, 2.24) is 4.90 Å². The lowest BCUT2D eigenvalue weighted by Gasteiger charge is -2.39. The second-order valence-electron chi connectivity index (χ2n) is 8.02. The first-order valence-corrected chi connectivity index (χ1v) is 10.8. The maximum absolute atomic E-state index is 13.4. The van der Waals surface area contributed by atoms with Gasteiger partial charge in [-0.3, -0.25) is 4.79 Å². The highest BCUT2D eigenvalue weighted by molar-refractivity contribution is 6.31. The monoisotopic (exact) mass is 413 g/mol. The van der Waals surface area contributed by atoms with Crippen molar-refractivity contribution in [2.45, 2.75) is 44.6 Å². The molecule has 0 bridgehead atoms. The lowest BCUT2D eigenvalue weighted by Crippen LogP contribution is -2.41. The summed E-state index contributed by atoms with van der Waals surface area (Å²) in [5, 5.41) is 0.679. The van der Waals surface area contributed by atoms with Crippen molar-refractivity contribution in [2.24, 2.45) is 5.92 Å². The van der Waals surface area contributed by atoms with E-state index in [0.29, 0.717) is 29.7 Å². The van der Waals surface area contributed by atoms with E-state index in [2.05, 4.69) is 0 Å². The zero-order valence-electron chi connectivity index (χ0n) is 17.1. The van der Waals surface area contributed by atoms with Crippen molar-refractivity contribution in [1.29, 1.82) is 0 Å². The molecule has 2 aliphatic rings. The van der Waals surface area contributed by atoms with Crippen LogP contribution in [0.25, 0.3) is 0 Å². The Bertz CT molecular complexity index is 892. The van der Waals surface area contributed by atoms with Gasteiger partial charge in [0.15, 0.2) is 11.5 Å². The van der Waals surface area contributed by atoms with Crippen LogP contribution < -0.4 is 9.47 Å². The molecule has 4 nitrogen and oxygen atoms in total. The highest BCUT2D eigenvalue weighted by atomic mass is 35.5. The number of rotatable bonds is 5. The van der Waals surface area contributed by atoms with Gasteiger partial charge in [-0.15, -0.1) is 0 Å². The number of hydrogen-bond acceptors (Lipinski definition) is 3. The van der Waals surface area contributed by atoms with Crippen molar-refractivity contribution >= 4 is 17.5 Å². The predicted octanol–water partition coefficient (Wildman–Crippen LogP) is 5.41. The molecule has 1 amide bonds. The molecule has 0 spiro atoms. The maximum atomic E-state index is 13.4. The maximum Gasteiger partial charge on any atom is 0.223 e. The summed E-state index contributed by atoms with van der Waals surface area (Å²) < 4.78 is 11.1. The van der Waals surface area contributed by atoms with E-state index >= 15 is 0 Å². The van der Waals surface area contributed by atoms with E-state index in [4.69, 9.17) is 21.1 Å². The van der Waals surface area contributed by atoms with Crippen molar-refractivity contribution < 1.29 is 14.3 Å². The Kier molecular flexibility index (Phi) is 6.00. The Morgan fingerprint density at radius 1 is 1.07 bits per heavy atom. The van der Waals surface area contributed by atoms with Gasteiger partial charge in [0.05, 0.1) is 20.3 Å². The molecule has 4 rings (SSSR count). The number of carbonyl (C=O) groups is 1. The summed E-state index contributed by atoms with van der Waals surface area (Å²) in [6.07, 6.45) is 6.24. The molecule has 1 aliphatic heterocycles. The molecular formula is C24H28ClNO3. The van der Waals surface area contributed by atoms with Gasteiger partial charge in [-0.25, -0.2) is 0 Å². The number of nitrogens with zero attached hydrogens (tertiary/aromatic N) is 1. The van der Waals surface area contributed by atoms with E-state index in [1.54, 1.807) is 14.2 Å². The van der Waals surface area contributed by atoms with Gasteiger partial charge in [-0.05, 0) is 60.1 Å². The molecule has 1 aliphatic carbocycles. The third-order valence-corrected chi connectivity index (χ3v) is 6.68. The smallest absolute Gasteiger partial charge is 0.223 e. The third kappa shape index (κ3) is 3.95. The molecule has 0 N–H and O–H groups in total. The van der Waals surface area contributed by atoms with Crippen LogP contribution in [0.1, 0.15) is 54.8 Å². The van der Waals surface area contributed by atoms with Crippen molar-refractivity contribution in [3.8, 4) is 11.5 Å². The fourth-order valence-corrected chi connectivity index (χ4v) is 5.06. The number of benzene rings is 2. The molecular weight excluding hydrogens is 386 g/mol. The topological polar surface area (TPSA) is 38.8 Å². The quantitative estimate of drug-likeness (QED) is 0.657. The van der Waals surface area contributed by atoms with Crippen LogP contribution in [0.15, 0.2) is 36.4 Å². The number of amides is 1. The van der Waals surface area contributed by atoms with E-state index in [1.165, 1.54) is 18.4 Å². The number of ether oxygens (including phenoxy) is 2. The first-order chi connectivity index (χ1) is 14.1. The second kappa shape index (κ2) is 8.66. The summed E-state index contributed by atoms with van der Waals surface area (Å²) >= 11 is 6.60. The summed E-state index contributed by atoms with van der Waals surface area (Å²) in [4.78, 5) is 15.4. The van der Waals surface area contributed by atoms with E-state index in [0.717, 1.165) is 36.1 Å². The summed E-state index contributed by atoms with van der Waals surface area (Å²) in [7, 11) is 3.29. The Balaban J connectivity index is 1.77. The molecule has 1 saturated carbocycles. The molecule has 1 atom stereocenters. The van der Waals surface area contributed by atoms with Gasteiger partial charge < -0.3 is 14.4 Å². The van der Waals surface area contributed by atoms with Crippen LogP contribution in [0.5, 0.6) is 11.5 Å². The molecule has 0 saturated heterocycles. The number of hydrogen-bond donors (Lipinski definition) is 0. The zero-order chi connectivity index (χ0) is 20.4. The van der Waals surface area contributed by atoms with Crippen LogP contribution in [0, 0.1) is 5.92 Å². The largest absolute Gasteiger partial charge is 0.493 e. The minimum absolute atomic E-state index is 0.207. The van der Waals surface area contributed by atoms with Crippen LogP contribution >= 0.6 is 11.6 Å². The fourth-order valence-electron chi connectivity index (χ4n) is 4.83. The molecule has 1 fully saturated rings. The molecule has 1 heterocycles. The minimum Gasteiger partial charge on any atom is -0.493 e. The lowest BCUT2D eigenvalue weighted by atomic mass is 9.87. The first-order valence-electron chi connectivity index (χ1n) is 10.4. The van der Waals surface area contributed by atoms with Crippen LogP contribution in [-0.2, 0) is 11.2 Å². The Morgan fingerprint density at radius 3 is 2.45 bits per heavy atom. The van der Waals surface area contributed by atoms with E-state index < -0.39 is 0 Å². The Hall–Kier alpha value is -2.20. The summed E-state index contributed by atoms with van der Waals surface area (Å²) in [5.41, 5.74) is 3.21. The van der Waals surface area contributed by atoms with E-state index in [-0.39, 0.29) is 11.9 Å². The molecule has 0 aromatic heterocycles. The summed E-state index contributed by atoms with van der Waals surface area (Å²) in [6.45, 7) is 0.684. The van der Waals surface area contributed by atoms with Crippen molar-refractivity contribution in [2.75, 3.05) is 20.8 Å². The van der Waals surface area contributed by atoms with Crippen LogP contribution in [0.3, 0.4) is 0 Å². The molecule has 5 heteroatoms. The second-order valence-corrected chi connectivity index (χ2v) is 8.43. The van der Waals surface area contributed by atoms with Gasteiger partial charge in [0.25, 0.3) is 0 Å². The summed E-state index contributed by atoms with van der Waals surface area (Å²) in [5.74, 6) is 2.13. The number of halogens is 1. The molecule has 154 valence electrons. The average molecular weight is 414 g/mol. The SMILES string of the molecule is COc1cc2c(cc1OC)[C@H](c1ccccc1Cl)N(C(=O)CC1CCCC1)CC2. The van der Waals surface area contributed by atoms with Crippen molar-refractivity contribution in [3.05, 3.63) is 58.1 Å². The normalized spacial score (nSPS) is 19.1. The number of fused-ring (bicyclic) bond motifs is 1. The molecule has 0 radical (unpaired) electrons. The molecule has 0 unspecified atom stereocenters. The molecule has 29 heavy (non-hydrogen) atoms. The van der Waals surface area contributed by atoms with Gasteiger partial charge in [0.2, 0.25) is 5.91 Å². The molecule has 2 aromatic carbocycles. The average Bonchev–Trinajstić information content (AvgIpc) is 3.25. The van der Waals surface area contributed by atoms with Crippen LogP contribution in [0.2, 0.25) is 5.02 Å². The van der Waals surface area contributed by atoms with E-state index in [1.807, 2.05) is 41.3 Å². The minimum atomic E-state index is -0.207. The number of carbonyl (C=O) groups excluding carboxylic acids is 1. The highest BCUT2D eigenvalue weighted by Gasteiger charge is 2.35. The Labute approximate surface area is 177 Å². The van der Waals surface area contributed by atoms with Crippen LogP contribution in [0.4, 0.5) is 0 Å². The van der Waals surface area contributed by atoms with Gasteiger partial charge in [0.1, 0.15) is 0 Å². The predicted molar refractivity (Wildman–Crippen MR) is 115 cm³/mol. The first kappa shape index (κ1) is 20.1. The lowest BCUT2D eigenvalue weighted by molar-refractivity contribution is -0.134. The van der Waals surface area contributed by atoms with Crippen LogP contribution in [-0.4, -0.2) is 31.6 Å². The Morgan fingerprint density at radius 2 is 1.76 bits per heavy atom. The zero-order valence-corrected chi connectivity index (χ0v) is 17.9. The van der Waals surface area contributed by atoms with Crippen molar-refractivity contribution in [3.63, 3.8) is 0 Å². The standard InChI is InChI=1S/C24H28ClNO3/c1-28-21-14-17-11-12-26(23(27)13-16-7-3-4-8-16)24(19(17)15-22(21)29-2)18-9-5-6-10-20(18)25/h5-6,9-10,14-16,24H,3-4,7-8,11-13H2,1-2H3/t24-/m0/s1. The van der Waals surface area contributed by atoms with Gasteiger partial charge in [0, 0.05) is 18.0 Å². The van der Waals surface area contributed by atoms with Gasteiger partial charge in [-0.1, -0.05) is 42.6 Å². The third-order valence-electron chi connectivity index (χ3n) is 6.33. The molecule has 2 aromatic rings. The fraction of sp³-hybridized carbons (Fsp3) is 0.458. The van der Waals surface area contributed by atoms with Gasteiger partial charge in [-0.2, -0.15) is 0 Å². The summed E-state index contributed by atoms with van der Waals surface area (Å²) in [6, 6.07) is 11.7. The highest BCUT2D eigenvalue weighted by Crippen LogP contribution is 2.43. The van der Waals surface area contributed by atoms with Gasteiger partial charge >= 0.3 is 0 Å².